The molecule has 0 aliphatic carbocycles. The Morgan fingerprint density at radius 3 is 1.49 bits per heavy atom. The topological polar surface area (TPSA) is 167 Å². The summed E-state index contributed by atoms with van der Waals surface area (Å²) < 4.78 is 29.2. The van der Waals surface area contributed by atoms with Gasteiger partial charge in [-0.15, -0.1) is 0 Å². The first-order chi connectivity index (χ1) is 21.5. The number of carbonyl (C=O) groups is 4. The smallest absolute Gasteiger partial charge is 0.253 e. The van der Waals surface area contributed by atoms with Crippen molar-refractivity contribution in [2.45, 2.75) is 0 Å². The van der Waals surface area contributed by atoms with Gasteiger partial charge < -0.3 is 31.3 Å². The first kappa shape index (κ1) is 30.2. The molecule has 0 aliphatic heterocycles. The zero-order chi connectivity index (χ0) is 32.4. The van der Waals surface area contributed by atoms with Gasteiger partial charge in [-0.1, -0.05) is 12.1 Å². The zero-order valence-electron chi connectivity index (χ0n) is 23.8. The Balaban J connectivity index is 0.000000178. The molecule has 0 fully saturated rings. The van der Waals surface area contributed by atoms with E-state index in [0.717, 1.165) is 0 Å². The van der Waals surface area contributed by atoms with Crippen molar-refractivity contribution in [1.82, 2.24) is 8.80 Å². The van der Waals surface area contributed by atoms with Gasteiger partial charge in [0.05, 0.1) is 33.5 Å². The molecule has 4 heterocycles. The van der Waals surface area contributed by atoms with Gasteiger partial charge in [0.15, 0.2) is 0 Å². The van der Waals surface area contributed by atoms with Crippen molar-refractivity contribution >= 4 is 45.8 Å². The average molecular weight is 609 g/mol. The molecule has 0 saturated heterocycles. The van der Waals surface area contributed by atoms with Gasteiger partial charge in [-0.05, 0) is 72.8 Å². The molecule has 0 bridgehead atoms. The first-order valence-corrected chi connectivity index (χ1v) is 13.4. The molecule has 10 nitrogen and oxygen atoms in total. The second kappa shape index (κ2) is 12.1. The van der Waals surface area contributed by atoms with E-state index in [4.69, 9.17) is 17.2 Å². The Kier molecular flexibility index (Phi) is 8.13. The van der Waals surface area contributed by atoms with Crippen molar-refractivity contribution in [2.75, 3.05) is 18.1 Å². The van der Waals surface area contributed by atoms with E-state index in [2.05, 4.69) is 5.32 Å². The highest BCUT2D eigenvalue weighted by atomic mass is 19.1. The number of benzene rings is 2. The first-order valence-electron chi connectivity index (χ1n) is 13.4. The standard InChI is InChI=1S/C17H14FN3O2.C16H12FN3O2/c1-20-14-13(17(19)23)12-4-2-3-9-21(12)15(14)16(22)10-5-7-11(18)8-6-10;17-10-6-4-9(5-7-10)15(21)14-13(18)12(16(19)22)11-3-1-2-8-20(11)14/h2-9,20H,1H3,(H2,19,23);1-8H,18H2,(H2,19,22). The van der Waals surface area contributed by atoms with Crippen LogP contribution in [-0.4, -0.2) is 39.2 Å². The van der Waals surface area contributed by atoms with Crippen LogP contribution in [0.25, 0.3) is 11.0 Å². The van der Waals surface area contributed by atoms with Gasteiger partial charge >= 0.3 is 0 Å². The Morgan fingerprint density at radius 2 is 1.04 bits per heavy atom. The van der Waals surface area contributed by atoms with Gasteiger partial charge in [0, 0.05) is 30.6 Å². The number of hydrogen-bond donors (Lipinski definition) is 4. The number of pyridine rings is 2. The van der Waals surface area contributed by atoms with E-state index in [1.54, 1.807) is 60.2 Å². The van der Waals surface area contributed by atoms with Crippen LogP contribution in [0.4, 0.5) is 20.2 Å². The largest absolute Gasteiger partial charge is 0.396 e. The molecular weight excluding hydrogens is 582 g/mol. The molecular formula is C33H26F2N6O4. The number of carbonyl (C=O) groups excluding carboxylic acids is 4. The molecule has 0 radical (unpaired) electrons. The summed E-state index contributed by atoms with van der Waals surface area (Å²) in [4.78, 5) is 48.9. The van der Waals surface area contributed by atoms with Crippen LogP contribution in [0.2, 0.25) is 0 Å². The summed E-state index contributed by atoms with van der Waals surface area (Å²) in [6.45, 7) is 0. The SMILES string of the molecule is CNc1c(C(N)=O)c2ccccn2c1C(=O)c1ccc(F)cc1.NC(=O)c1c(N)c(C(=O)c2ccc(F)cc2)n2ccccc12. The lowest BCUT2D eigenvalue weighted by molar-refractivity contribution is 0.0993. The van der Waals surface area contributed by atoms with Crippen LogP contribution in [0.1, 0.15) is 52.8 Å². The molecule has 0 unspecified atom stereocenters. The fourth-order valence-electron chi connectivity index (χ4n) is 5.12. The third-order valence-electron chi connectivity index (χ3n) is 7.11. The summed E-state index contributed by atoms with van der Waals surface area (Å²) in [7, 11) is 1.61. The molecule has 7 N–H and O–H groups in total. The van der Waals surface area contributed by atoms with E-state index < -0.39 is 29.2 Å². The predicted octanol–water partition coefficient (Wildman–Crippen LogP) is 4.44. The van der Waals surface area contributed by atoms with E-state index in [0.29, 0.717) is 22.3 Å². The zero-order valence-corrected chi connectivity index (χ0v) is 23.8. The minimum absolute atomic E-state index is 0.0213. The summed E-state index contributed by atoms with van der Waals surface area (Å²) in [5, 5.41) is 2.88. The average Bonchev–Trinajstić information content (AvgIpc) is 3.53. The maximum atomic E-state index is 13.1. The van der Waals surface area contributed by atoms with E-state index in [1.807, 2.05) is 0 Å². The lowest BCUT2D eigenvalue weighted by Gasteiger charge is -2.06. The molecule has 2 amide bonds. The summed E-state index contributed by atoms with van der Waals surface area (Å²) in [5.41, 5.74) is 19.5. The highest BCUT2D eigenvalue weighted by Crippen LogP contribution is 2.31. The minimum Gasteiger partial charge on any atom is -0.396 e. The molecule has 4 aromatic heterocycles. The molecule has 2 aromatic carbocycles. The van der Waals surface area contributed by atoms with Crippen molar-refractivity contribution in [3.63, 3.8) is 0 Å². The summed E-state index contributed by atoms with van der Waals surface area (Å²) in [5.74, 6) is -2.94. The molecule has 0 atom stereocenters. The van der Waals surface area contributed by atoms with E-state index in [9.17, 15) is 28.0 Å². The van der Waals surface area contributed by atoms with Gasteiger partial charge in [0.2, 0.25) is 11.6 Å². The number of hydrogen-bond acceptors (Lipinski definition) is 6. The third-order valence-corrected chi connectivity index (χ3v) is 7.11. The molecule has 0 aliphatic rings. The molecule has 0 spiro atoms. The molecule has 45 heavy (non-hydrogen) atoms. The number of primary amides is 2. The number of halogens is 2. The molecule has 6 rings (SSSR count). The number of rotatable bonds is 7. The van der Waals surface area contributed by atoms with Crippen molar-refractivity contribution in [3.05, 3.63) is 143 Å². The second-order valence-corrected chi connectivity index (χ2v) is 9.80. The normalized spacial score (nSPS) is 10.7. The van der Waals surface area contributed by atoms with E-state index in [-0.39, 0.29) is 39.5 Å². The summed E-state index contributed by atoms with van der Waals surface area (Å²) >= 11 is 0. The Labute approximate surface area is 254 Å². The maximum Gasteiger partial charge on any atom is 0.253 e. The van der Waals surface area contributed by atoms with Crippen LogP contribution in [0, 0.1) is 11.6 Å². The minimum atomic E-state index is -0.709. The van der Waals surface area contributed by atoms with Crippen molar-refractivity contribution < 1.29 is 28.0 Å². The van der Waals surface area contributed by atoms with Crippen LogP contribution in [0.5, 0.6) is 0 Å². The molecule has 226 valence electrons. The number of fused-ring (bicyclic) bond motifs is 2. The summed E-state index contributed by atoms with van der Waals surface area (Å²) in [6.07, 6.45) is 3.30. The second-order valence-electron chi connectivity index (χ2n) is 9.80. The fraction of sp³-hybridized carbons (Fsp3) is 0.0303. The number of nitrogens with one attached hydrogen (secondary N) is 1. The van der Waals surface area contributed by atoms with Crippen LogP contribution in [0.15, 0.2) is 97.3 Å². The number of amides is 2. The molecule has 12 heteroatoms. The van der Waals surface area contributed by atoms with Gasteiger partial charge in [-0.2, -0.15) is 0 Å². The predicted molar refractivity (Wildman–Crippen MR) is 165 cm³/mol. The lowest BCUT2D eigenvalue weighted by atomic mass is 10.1. The number of nitrogen functional groups attached to an aromatic ring is 1. The molecule has 0 saturated carbocycles. The third kappa shape index (κ3) is 5.47. The van der Waals surface area contributed by atoms with Crippen molar-refractivity contribution in [2.24, 2.45) is 11.5 Å². The Hall–Kier alpha value is -6.30. The van der Waals surface area contributed by atoms with Crippen molar-refractivity contribution in [3.8, 4) is 0 Å². The number of nitrogens with zero attached hydrogens (tertiary/aromatic N) is 2. The monoisotopic (exact) mass is 608 g/mol. The Morgan fingerprint density at radius 1 is 0.622 bits per heavy atom. The van der Waals surface area contributed by atoms with Crippen LogP contribution < -0.4 is 22.5 Å². The van der Waals surface area contributed by atoms with Gasteiger partial charge in [-0.25, -0.2) is 8.78 Å². The summed E-state index contributed by atoms with van der Waals surface area (Å²) in [6, 6.07) is 20.6. The van der Waals surface area contributed by atoms with Crippen LogP contribution >= 0.6 is 0 Å². The maximum absolute atomic E-state index is 13.1. The quantitative estimate of drug-likeness (QED) is 0.196. The fourth-order valence-corrected chi connectivity index (χ4v) is 5.12. The van der Waals surface area contributed by atoms with Crippen LogP contribution in [0.3, 0.4) is 0 Å². The van der Waals surface area contributed by atoms with E-state index >= 15 is 0 Å². The lowest BCUT2D eigenvalue weighted by Crippen LogP contribution is -2.13. The van der Waals surface area contributed by atoms with Gasteiger partial charge in [0.25, 0.3) is 11.8 Å². The van der Waals surface area contributed by atoms with Crippen molar-refractivity contribution in [1.29, 1.82) is 0 Å². The highest BCUT2D eigenvalue weighted by molar-refractivity contribution is 6.18. The highest BCUT2D eigenvalue weighted by Gasteiger charge is 2.26. The van der Waals surface area contributed by atoms with E-state index in [1.165, 1.54) is 52.9 Å². The number of aromatic nitrogens is 2. The number of ketones is 2. The number of nitrogens with two attached hydrogens (primary N) is 3. The number of anilines is 2. The van der Waals surface area contributed by atoms with Gasteiger partial charge in [0.1, 0.15) is 23.0 Å². The van der Waals surface area contributed by atoms with Gasteiger partial charge in [-0.3, -0.25) is 19.2 Å². The van der Waals surface area contributed by atoms with Crippen LogP contribution in [-0.2, 0) is 0 Å². The molecule has 6 aromatic rings. The Bertz CT molecular complexity index is 2120.